The van der Waals surface area contributed by atoms with E-state index in [1.54, 1.807) is 0 Å². The van der Waals surface area contributed by atoms with E-state index in [-0.39, 0.29) is 5.28 Å². The van der Waals surface area contributed by atoms with Gasteiger partial charge in [0.25, 0.3) is 0 Å². The fraction of sp³-hybridized carbons (Fsp3) is 0. The molecule has 4 nitrogen and oxygen atoms in total. The van der Waals surface area contributed by atoms with Crippen LogP contribution in [0.15, 0.2) is 115 Å². The minimum atomic E-state index is 0.144. The van der Waals surface area contributed by atoms with Crippen LogP contribution < -0.4 is 0 Å². The summed E-state index contributed by atoms with van der Waals surface area (Å²) in [7, 11) is 0. The topological polar surface area (TPSA) is 51.6 Å². The third kappa shape index (κ3) is 4.27. The van der Waals surface area contributed by atoms with E-state index in [4.69, 9.17) is 21.6 Å². The molecule has 2 heterocycles. The number of aromatic nitrogens is 4. The summed E-state index contributed by atoms with van der Waals surface area (Å²) in [5, 5.41) is 2.46. The smallest absolute Gasteiger partial charge is 0.226 e. The lowest BCUT2D eigenvalue weighted by atomic mass is 10.00. The monoisotopic (exact) mass is 470 g/mol. The van der Waals surface area contributed by atoms with E-state index in [2.05, 4.69) is 52.4 Å². The van der Waals surface area contributed by atoms with Gasteiger partial charge in [-0.05, 0) is 40.6 Å². The number of rotatable bonds is 4. The first-order valence-electron chi connectivity index (χ1n) is 11.3. The Kier molecular flexibility index (Phi) is 5.49. The normalized spacial score (nSPS) is 11.0. The van der Waals surface area contributed by atoms with E-state index in [0.717, 1.165) is 39.0 Å². The highest BCUT2D eigenvalue weighted by atomic mass is 35.5. The molecule has 0 N–H and O–H groups in total. The number of hydrogen-bond acceptors (Lipinski definition) is 4. The Bertz CT molecular complexity index is 1650. The van der Waals surface area contributed by atoms with Crippen LogP contribution in [0, 0.1) is 0 Å². The molecule has 0 spiro atoms. The summed E-state index contributed by atoms with van der Waals surface area (Å²) in [5.41, 5.74) is 5.36. The van der Waals surface area contributed by atoms with Crippen molar-refractivity contribution in [1.82, 2.24) is 19.9 Å². The van der Waals surface area contributed by atoms with Crippen LogP contribution in [0.2, 0.25) is 5.28 Å². The Morgan fingerprint density at radius 2 is 1.11 bits per heavy atom. The minimum absolute atomic E-state index is 0.144. The number of nitrogens with zero attached hydrogens (tertiary/aromatic N) is 4. The van der Waals surface area contributed by atoms with Crippen molar-refractivity contribution < 1.29 is 0 Å². The molecule has 0 atom stereocenters. The summed E-state index contributed by atoms with van der Waals surface area (Å²) in [5.74, 6) is 1.01. The Morgan fingerprint density at radius 3 is 1.89 bits per heavy atom. The lowest BCUT2D eigenvalue weighted by Gasteiger charge is -2.12. The fourth-order valence-corrected chi connectivity index (χ4v) is 4.31. The van der Waals surface area contributed by atoms with Gasteiger partial charge in [0.1, 0.15) is 0 Å². The predicted molar refractivity (Wildman–Crippen MR) is 142 cm³/mol. The van der Waals surface area contributed by atoms with E-state index in [0.29, 0.717) is 11.6 Å². The molecule has 35 heavy (non-hydrogen) atoms. The minimum Gasteiger partial charge on any atom is -0.247 e. The van der Waals surface area contributed by atoms with Crippen molar-refractivity contribution in [2.75, 3.05) is 0 Å². The number of halogens is 1. The molecule has 0 bridgehead atoms. The standard InChI is InChI=1S/C30H19ClN4/c31-30-34-28(22-12-5-2-6-13-22)33-29(35-30)25-17-18-26(21-10-3-1-4-11-21)32-27(25)24-16-15-20-9-7-8-14-23(20)19-24/h1-19H. The Hall–Kier alpha value is -4.41. The van der Waals surface area contributed by atoms with Crippen molar-refractivity contribution in [3.05, 3.63) is 121 Å². The molecule has 0 saturated carbocycles. The van der Waals surface area contributed by atoms with Crippen molar-refractivity contribution in [2.45, 2.75) is 0 Å². The summed E-state index contributed by atoms with van der Waals surface area (Å²) in [6.45, 7) is 0. The Balaban J connectivity index is 1.57. The average Bonchev–Trinajstić information content (AvgIpc) is 2.93. The fourth-order valence-electron chi connectivity index (χ4n) is 4.15. The highest BCUT2D eigenvalue weighted by Crippen LogP contribution is 2.34. The van der Waals surface area contributed by atoms with Crippen LogP contribution in [-0.2, 0) is 0 Å². The molecule has 0 unspecified atom stereocenters. The maximum atomic E-state index is 6.37. The Labute approximate surface area is 208 Å². The Morgan fingerprint density at radius 1 is 0.457 bits per heavy atom. The van der Waals surface area contributed by atoms with Gasteiger partial charge in [-0.15, -0.1) is 0 Å². The predicted octanol–water partition coefficient (Wildman–Crippen LogP) is 7.74. The lowest BCUT2D eigenvalue weighted by Crippen LogP contribution is -2.00. The van der Waals surface area contributed by atoms with Gasteiger partial charge in [0.05, 0.1) is 11.4 Å². The van der Waals surface area contributed by atoms with Gasteiger partial charge in [-0.3, -0.25) is 0 Å². The van der Waals surface area contributed by atoms with Gasteiger partial charge >= 0.3 is 0 Å². The van der Waals surface area contributed by atoms with E-state index >= 15 is 0 Å². The lowest BCUT2D eigenvalue weighted by molar-refractivity contribution is 1.06. The first kappa shape index (κ1) is 21.1. The number of fused-ring (bicyclic) bond motifs is 1. The molecule has 6 rings (SSSR count). The molecule has 166 valence electrons. The van der Waals surface area contributed by atoms with Crippen LogP contribution in [0.4, 0.5) is 0 Å². The molecule has 0 aliphatic carbocycles. The van der Waals surface area contributed by atoms with E-state index in [9.17, 15) is 0 Å². The van der Waals surface area contributed by atoms with E-state index in [1.807, 2.05) is 72.8 Å². The number of hydrogen-bond donors (Lipinski definition) is 0. The SMILES string of the molecule is Clc1nc(-c2ccccc2)nc(-c2ccc(-c3ccccc3)nc2-c2ccc3ccccc3c2)n1. The zero-order valence-electron chi connectivity index (χ0n) is 18.6. The zero-order chi connectivity index (χ0) is 23.6. The van der Waals surface area contributed by atoms with Crippen LogP contribution in [0.5, 0.6) is 0 Å². The summed E-state index contributed by atoms with van der Waals surface area (Å²) in [4.78, 5) is 18.7. The van der Waals surface area contributed by atoms with Crippen molar-refractivity contribution in [3.8, 4) is 45.3 Å². The van der Waals surface area contributed by atoms with Crippen LogP contribution >= 0.6 is 11.6 Å². The zero-order valence-corrected chi connectivity index (χ0v) is 19.4. The maximum Gasteiger partial charge on any atom is 0.226 e. The largest absolute Gasteiger partial charge is 0.247 e. The van der Waals surface area contributed by atoms with E-state index < -0.39 is 0 Å². The van der Waals surface area contributed by atoms with Crippen molar-refractivity contribution >= 4 is 22.4 Å². The van der Waals surface area contributed by atoms with Gasteiger partial charge in [0.2, 0.25) is 5.28 Å². The highest BCUT2D eigenvalue weighted by Gasteiger charge is 2.17. The van der Waals surface area contributed by atoms with Gasteiger partial charge in [-0.2, -0.15) is 9.97 Å². The third-order valence-electron chi connectivity index (χ3n) is 5.87. The first-order valence-corrected chi connectivity index (χ1v) is 11.7. The molecular weight excluding hydrogens is 452 g/mol. The molecule has 4 aromatic carbocycles. The molecule has 6 aromatic rings. The van der Waals surface area contributed by atoms with Crippen LogP contribution in [0.3, 0.4) is 0 Å². The molecule has 2 aromatic heterocycles. The molecule has 5 heteroatoms. The second-order valence-electron chi connectivity index (χ2n) is 8.14. The van der Waals surface area contributed by atoms with Gasteiger partial charge in [0.15, 0.2) is 11.6 Å². The summed E-state index contributed by atoms with van der Waals surface area (Å²) < 4.78 is 0. The van der Waals surface area contributed by atoms with E-state index in [1.165, 1.54) is 5.39 Å². The second kappa shape index (κ2) is 9.09. The van der Waals surface area contributed by atoms with Crippen LogP contribution in [-0.4, -0.2) is 19.9 Å². The van der Waals surface area contributed by atoms with Gasteiger partial charge in [-0.25, -0.2) is 9.97 Å². The second-order valence-corrected chi connectivity index (χ2v) is 8.48. The quantitative estimate of drug-likeness (QED) is 0.264. The summed E-state index contributed by atoms with van der Waals surface area (Å²) >= 11 is 6.37. The molecule has 0 aliphatic heterocycles. The van der Waals surface area contributed by atoms with Crippen molar-refractivity contribution in [2.24, 2.45) is 0 Å². The van der Waals surface area contributed by atoms with Gasteiger partial charge < -0.3 is 0 Å². The maximum absolute atomic E-state index is 6.37. The summed E-state index contributed by atoms with van der Waals surface area (Å²) in [6, 6.07) is 38.5. The van der Waals surface area contributed by atoms with Gasteiger partial charge in [-0.1, -0.05) is 97.1 Å². The summed E-state index contributed by atoms with van der Waals surface area (Å²) in [6.07, 6.45) is 0. The number of pyridine rings is 1. The highest BCUT2D eigenvalue weighted by molar-refractivity contribution is 6.28. The first-order chi connectivity index (χ1) is 17.2. The van der Waals surface area contributed by atoms with Crippen molar-refractivity contribution in [3.63, 3.8) is 0 Å². The molecular formula is C30H19ClN4. The van der Waals surface area contributed by atoms with Crippen molar-refractivity contribution in [1.29, 1.82) is 0 Å². The molecule has 0 fully saturated rings. The molecule has 0 radical (unpaired) electrons. The van der Waals surface area contributed by atoms with Gasteiger partial charge in [0, 0.05) is 22.3 Å². The number of benzene rings is 4. The molecule has 0 amide bonds. The third-order valence-corrected chi connectivity index (χ3v) is 6.04. The average molecular weight is 471 g/mol. The molecule has 0 aliphatic rings. The molecule has 0 saturated heterocycles. The van der Waals surface area contributed by atoms with Crippen LogP contribution in [0.1, 0.15) is 0 Å². The van der Waals surface area contributed by atoms with Crippen LogP contribution in [0.25, 0.3) is 56.1 Å².